The van der Waals surface area contributed by atoms with Crippen molar-refractivity contribution in [3.63, 3.8) is 0 Å². The maximum atomic E-state index is 6.48. The molecule has 3 rings (SSSR count). The fourth-order valence-electron chi connectivity index (χ4n) is 4.03. The minimum atomic E-state index is -0.00891. The highest BCUT2D eigenvalue weighted by Gasteiger charge is 2.40. The first kappa shape index (κ1) is 14.6. The third-order valence-electron chi connectivity index (χ3n) is 5.46. The third kappa shape index (κ3) is 2.50. The number of nitrogens with two attached hydrogens (primary N) is 1. The zero-order chi connectivity index (χ0) is 15.2. The van der Waals surface area contributed by atoms with Crippen molar-refractivity contribution in [2.24, 2.45) is 17.6 Å². The summed E-state index contributed by atoms with van der Waals surface area (Å²) in [6, 6.07) is 8.83. The molecule has 2 N–H and O–H groups in total. The summed E-state index contributed by atoms with van der Waals surface area (Å²) >= 11 is 0. The lowest BCUT2D eigenvalue weighted by Crippen LogP contribution is -2.45. The Bertz CT molecular complexity index is 640. The SMILES string of the molecule is Cc1cccc2cc(C(C)(C)C3CCC(C)CC3N)oc12. The lowest BCUT2D eigenvalue weighted by atomic mass is 9.65. The number of aryl methyl sites for hydroxylation is 1. The van der Waals surface area contributed by atoms with Crippen molar-refractivity contribution in [1.29, 1.82) is 0 Å². The van der Waals surface area contributed by atoms with Crippen molar-refractivity contribution in [3.05, 3.63) is 35.6 Å². The van der Waals surface area contributed by atoms with Gasteiger partial charge in [0.15, 0.2) is 0 Å². The number of hydrogen-bond donors (Lipinski definition) is 1. The summed E-state index contributed by atoms with van der Waals surface area (Å²) in [4.78, 5) is 0. The summed E-state index contributed by atoms with van der Waals surface area (Å²) in [6.45, 7) is 9.01. The molecule has 114 valence electrons. The van der Waals surface area contributed by atoms with Crippen LogP contribution in [0.15, 0.2) is 28.7 Å². The van der Waals surface area contributed by atoms with E-state index in [0.717, 1.165) is 23.7 Å². The van der Waals surface area contributed by atoms with E-state index in [9.17, 15) is 0 Å². The van der Waals surface area contributed by atoms with Gasteiger partial charge in [-0.3, -0.25) is 0 Å². The molecule has 2 nitrogen and oxygen atoms in total. The number of benzene rings is 1. The summed E-state index contributed by atoms with van der Waals surface area (Å²) in [5, 5.41) is 1.20. The Balaban J connectivity index is 1.97. The molecular formula is C19H27NO. The van der Waals surface area contributed by atoms with Gasteiger partial charge in [0.1, 0.15) is 11.3 Å². The van der Waals surface area contributed by atoms with E-state index < -0.39 is 0 Å². The van der Waals surface area contributed by atoms with Gasteiger partial charge in [-0.25, -0.2) is 0 Å². The van der Waals surface area contributed by atoms with Gasteiger partial charge in [0, 0.05) is 16.8 Å². The van der Waals surface area contributed by atoms with E-state index in [1.165, 1.54) is 23.8 Å². The third-order valence-corrected chi connectivity index (χ3v) is 5.46. The van der Waals surface area contributed by atoms with E-state index in [-0.39, 0.29) is 11.5 Å². The van der Waals surface area contributed by atoms with Gasteiger partial charge < -0.3 is 10.2 Å². The second kappa shape index (κ2) is 5.17. The molecule has 1 fully saturated rings. The highest BCUT2D eigenvalue weighted by atomic mass is 16.3. The van der Waals surface area contributed by atoms with Gasteiger partial charge >= 0.3 is 0 Å². The van der Waals surface area contributed by atoms with E-state index >= 15 is 0 Å². The molecule has 0 amide bonds. The van der Waals surface area contributed by atoms with Gasteiger partial charge in [-0.2, -0.15) is 0 Å². The van der Waals surface area contributed by atoms with Gasteiger partial charge in [0.2, 0.25) is 0 Å². The van der Waals surface area contributed by atoms with E-state index in [4.69, 9.17) is 10.2 Å². The number of hydrogen-bond acceptors (Lipinski definition) is 2. The summed E-state index contributed by atoms with van der Waals surface area (Å²) in [5.74, 6) is 2.33. The molecule has 1 aliphatic carbocycles. The zero-order valence-corrected chi connectivity index (χ0v) is 13.6. The molecule has 3 atom stereocenters. The van der Waals surface area contributed by atoms with E-state index in [2.05, 4.69) is 52.0 Å². The monoisotopic (exact) mass is 285 g/mol. The second-order valence-corrected chi connectivity index (χ2v) is 7.51. The Morgan fingerprint density at radius 2 is 2.00 bits per heavy atom. The maximum Gasteiger partial charge on any atom is 0.137 e. The molecule has 1 saturated carbocycles. The first-order valence-corrected chi connectivity index (χ1v) is 8.15. The first-order valence-electron chi connectivity index (χ1n) is 8.15. The predicted molar refractivity (Wildman–Crippen MR) is 88.5 cm³/mol. The molecule has 1 heterocycles. The smallest absolute Gasteiger partial charge is 0.137 e. The molecular weight excluding hydrogens is 258 g/mol. The quantitative estimate of drug-likeness (QED) is 0.862. The Morgan fingerprint density at radius 1 is 1.24 bits per heavy atom. The molecule has 0 radical (unpaired) electrons. The topological polar surface area (TPSA) is 39.2 Å². The maximum absolute atomic E-state index is 6.48. The first-order chi connectivity index (χ1) is 9.89. The van der Waals surface area contributed by atoms with E-state index in [0.29, 0.717) is 5.92 Å². The Kier molecular flexibility index (Phi) is 3.61. The van der Waals surface area contributed by atoms with Crippen molar-refractivity contribution < 1.29 is 4.42 Å². The standard InChI is InChI=1S/C19H27NO/c1-12-8-9-15(16(20)10-12)19(3,4)17-11-14-7-5-6-13(2)18(14)21-17/h5-7,11-12,15-16H,8-10,20H2,1-4H3. The molecule has 21 heavy (non-hydrogen) atoms. The summed E-state index contributed by atoms with van der Waals surface area (Å²) in [7, 11) is 0. The molecule has 2 aromatic rings. The minimum absolute atomic E-state index is 0.00891. The lowest BCUT2D eigenvalue weighted by Gasteiger charge is -2.41. The van der Waals surface area contributed by atoms with Crippen LogP contribution in [0.3, 0.4) is 0 Å². The highest BCUT2D eigenvalue weighted by molar-refractivity contribution is 5.81. The van der Waals surface area contributed by atoms with Gasteiger partial charge in [-0.15, -0.1) is 0 Å². The number of para-hydroxylation sites is 1. The average molecular weight is 285 g/mol. The Morgan fingerprint density at radius 3 is 2.67 bits per heavy atom. The molecule has 0 bridgehead atoms. The van der Waals surface area contributed by atoms with Crippen molar-refractivity contribution >= 4 is 11.0 Å². The van der Waals surface area contributed by atoms with Crippen LogP contribution >= 0.6 is 0 Å². The van der Waals surface area contributed by atoms with Crippen LogP contribution in [-0.2, 0) is 5.41 Å². The van der Waals surface area contributed by atoms with Gasteiger partial charge in [-0.1, -0.05) is 45.4 Å². The normalized spacial score (nSPS) is 27.2. The fourth-order valence-corrected chi connectivity index (χ4v) is 4.03. The van der Waals surface area contributed by atoms with Crippen LogP contribution in [0.25, 0.3) is 11.0 Å². The van der Waals surface area contributed by atoms with Crippen molar-refractivity contribution in [2.45, 2.75) is 58.4 Å². The van der Waals surface area contributed by atoms with E-state index in [1.807, 2.05) is 0 Å². The average Bonchev–Trinajstić information content (AvgIpc) is 2.84. The van der Waals surface area contributed by atoms with E-state index in [1.54, 1.807) is 0 Å². The molecule has 2 heteroatoms. The lowest BCUT2D eigenvalue weighted by molar-refractivity contribution is 0.154. The van der Waals surface area contributed by atoms with Gasteiger partial charge in [-0.05, 0) is 43.2 Å². The Labute approximate surface area is 127 Å². The van der Waals surface area contributed by atoms with Crippen LogP contribution in [-0.4, -0.2) is 6.04 Å². The number of furan rings is 1. The number of fused-ring (bicyclic) bond motifs is 1. The fraction of sp³-hybridized carbons (Fsp3) is 0.579. The summed E-state index contributed by atoms with van der Waals surface area (Å²) in [6.07, 6.45) is 3.61. The molecule has 3 unspecified atom stereocenters. The number of rotatable bonds is 2. The molecule has 1 aromatic heterocycles. The van der Waals surface area contributed by atoms with Crippen LogP contribution in [0, 0.1) is 18.8 Å². The highest BCUT2D eigenvalue weighted by Crippen LogP contribution is 2.43. The largest absolute Gasteiger partial charge is 0.460 e. The predicted octanol–water partition coefficient (Wildman–Crippen LogP) is 4.78. The van der Waals surface area contributed by atoms with Gasteiger partial charge in [0.25, 0.3) is 0 Å². The molecule has 1 aliphatic rings. The van der Waals surface area contributed by atoms with Crippen LogP contribution in [0.1, 0.15) is 51.4 Å². The summed E-state index contributed by atoms with van der Waals surface area (Å²) in [5.41, 5.74) is 8.70. The Hall–Kier alpha value is -1.28. The second-order valence-electron chi connectivity index (χ2n) is 7.51. The van der Waals surface area contributed by atoms with Crippen LogP contribution in [0.2, 0.25) is 0 Å². The molecule has 1 aromatic carbocycles. The molecule has 0 saturated heterocycles. The zero-order valence-electron chi connectivity index (χ0n) is 13.6. The molecule has 0 aliphatic heterocycles. The van der Waals surface area contributed by atoms with Crippen molar-refractivity contribution in [1.82, 2.24) is 0 Å². The van der Waals surface area contributed by atoms with Crippen LogP contribution in [0.5, 0.6) is 0 Å². The van der Waals surface area contributed by atoms with Crippen molar-refractivity contribution in [2.75, 3.05) is 0 Å². The van der Waals surface area contributed by atoms with Crippen LogP contribution in [0.4, 0.5) is 0 Å². The van der Waals surface area contributed by atoms with Crippen LogP contribution < -0.4 is 5.73 Å². The molecule has 0 spiro atoms. The van der Waals surface area contributed by atoms with Crippen molar-refractivity contribution in [3.8, 4) is 0 Å². The minimum Gasteiger partial charge on any atom is -0.460 e. The summed E-state index contributed by atoms with van der Waals surface area (Å²) < 4.78 is 6.24. The van der Waals surface area contributed by atoms with Gasteiger partial charge in [0.05, 0.1) is 0 Å².